The monoisotopic (exact) mass is 230 g/mol. The first kappa shape index (κ1) is 12.7. The Balaban J connectivity index is 2.76. The normalized spacial score (nSPS) is 11.5. The van der Waals surface area contributed by atoms with Crippen LogP contribution in [0.25, 0.3) is 0 Å². The summed E-state index contributed by atoms with van der Waals surface area (Å²) in [5.74, 6) is 0.00416. The molecule has 0 saturated carbocycles. The second kappa shape index (κ2) is 5.14. The van der Waals surface area contributed by atoms with Crippen LogP contribution in [0.15, 0.2) is 24.3 Å². The lowest BCUT2D eigenvalue weighted by Gasteiger charge is -2.11. The van der Waals surface area contributed by atoms with Crippen molar-refractivity contribution in [3.8, 4) is 0 Å². The lowest BCUT2D eigenvalue weighted by molar-refractivity contribution is -0.138. The molecule has 0 amide bonds. The molecule has 0 atom stereocenters. The number of aryl methyl sites for hydroxylation is 1. The summed E-state index contributed by atoms with van der Waals surface area (Å²) in [5, 5.41) is 0. The molecule has 0 heterocycles. The molecule has 1 aromatic carbocycles. The summed E-state index contributed by atoms with van der Waals surface area (Å²) in [7, 11) is 0. The van der Waals surface area contributed by atoms with Crippen molar-refractivity contribution in [2.75, 3.05) is 0 Å². The minimum atomic E-state index is -4.31. The summed E-state index contributed by atoms with van der Waals surface area (Å²) < 4.78 is 37.7. The maximum absolute atomic E-state index is 12.6. The third-order valence-electron chi connectivity index (χ3n) is 2.30. The van der Waals surface area contributed by atoms with Crippen molar-refractivity contribution in [2.24, 2.45) is 0 Å². The fourth-order valence-electron chi connectivity index (χ4n) is 1.54. The Morgan fingerprint density at radius 3 is 2.44 bits per heavy atom. The summed E-state index contributed by atoms with van der Waals surface area (Å²) in [6, 6.07) is 5.49. The number of benzene rings is 1. The molecule has 0 aliphatic carbocycles. The summed E-state index contributed by atoms with van der Waals surface area (Å²) in [4.78, 5) is 10.7. The molecule has 0 aliphatic rings. The molecule has 0 N–H and O–H groups in total. The van der Waals surface area contributed by atoms with Crippen LogP contribution in [0.4, 0.5) is 13.2 Å². The van der Waals surface area contributed by atoms with E-state index in [0.717, 1.165) is 6.07 Å². The topological polar surface area (TPSA) is 17.1 Å². The molecule has 0 unspecified atom stereocenters. The standard InChI is InChI=1S/C12H13F3O/c1-9(16)5-4-7-10-6-2-3-8-11(10)12(13,14)15/h2-3,6,8H,4-5,7H2,1H3. The Morgan fingerprint density at radius 1 is 1.25 bits per heavy atom. The van der Waals surface area contributed by atoms with E-state index in [-0.39, 0.29) is 17.8 Å². The van der Waals surface area contributed by atoms with Crippen LogP contribution >= 0.6 is 0 Å². The van der Waals surface area contributed by atoms with Crippen molar-refractivity contribution in [3.05, 3.63) is 35.4 Å². The average Bonchev–Trinajstić information content (AvgIpc) is 2.16. The molecule has 0 radical (unpaired) electrons. The Morgan fingerprint density at radius 2 is 1.88 bits per heavy atom. The number of ketones is 1. The van der Waals surface area contributed by atoms with Crippen LogP contribution in [0.2, 0.25) is 0 Å². The van der Waals surface area contributed by atoms with Gasteiger partial charge in [0.15, 0.2) is 0 Å². The maximum Gasteiger partial charge on any atom is 0.416 e. The van der Waals surface area contributed by atoms with Gasteiger partial charge in [0.05, 0.1) is 5.56 Å². The zero-order valence-corrected chi connectivity index (χ0v) is 8.97. The number of Topliss-reactive ketones (excluding diaryl/α,β-unsaturated/α-hetero) is 1. The van der Waals surface area contributed by atoms with E-state index in [2.05, 4.69) is 0 Å². The molecule has 16 heavy (non-hydrogen) atoms. The molecule has 0 saturated heterocycles. The third kappa shape index (κ3) is 3.68. The second-order valence-electron chi connectivity index (χ2n) is 3.71. The van der Waals surface area contributed by atoms with Crippen LogP contribution < -0.4 is 0 Å². The Labute approximate surface area is 92.3 Å². The molecule has 0 aromatic heterocycles. The molecule has 0 spiro atoms. The van der Waals surface area contributed by atoms with Crippen LogP contribution in [0.3, 0.4) is 0 Å². The van der Waals surface area contributed by atoms with Crippen molar-refractivity contribution in [1.82, 2.24) is 0 Å². The first-order valence-corrected chi connectivity index (χ1v) is 5.06. The van der Waals surface area contributed by atoms with Gasteiger partial charge in [0.1, 0.15) is 5.78 Å². The highest BCUT2D eigenvalue weighted by Gasteiger charge is 2.32. The lowest BCUT2D eigenvalue weighted by atomic mass is 10.0. The van der Waals surface area contributed by atoms with Crippen LogP contribution in [-0.2, 0) is 17.4 Å². The van der Waals surface area contributed by atoms with Gasteiger partial charge in [-0.25, -0.2) is 0 Å². The SMILES string of the molecule is CC(=O)CCCc1ccccc1C(F)(F)F. The van der Waals surface area contributed by atoms with E-state index >= 15 is 0 Å². The molecule has 0 aliphatic heterocycles. The quantitative estimate of drug-likeness (QED) is 0.772. The zero-order valence-electron chi connectivity index (χ0n) is 8.97. The molecule has 1 rings (SSSR count). The van der Waals surface area contributed by atoms with E-state index in [1.165, 1.54) is 19.1 Å². The molecule has 1 nitrogen and oxygen atoms in total. The zero-order chi connectivity index (χ0) is 12.2. The molecule has 0 fully saturated rings. The Bertz CT molecular complexity index is 369. The molecular weight excluding hydrogens is 217 g/mol. The predicted octanol–water partition coefficient (Wildman–Crippen LogP) is 3.62. The van der Waals surface area contributed by atoms with Gasteiger partial charge in [0, 0.05) is 6.42 Å². The van der Waals surface area contributed by atoms with E-state index in [0.29, 0.717) is 12.8 Å². The minimum absolute atomic E-state index is 0.00416. The second-order valence-corrected chi connectivity index (χ2v) is 3.71. The van der Waals surface area contributed by atoms with Crippen LogP contribution in [0, 0.1) is 0 Å². The summed E-state index contributed by atoms with van der Waals surface area (Å²) in [6.07, 6.45) is -3.24. The van der Waals surface area contributed by atoms with Crippen LogP contribution in [0.5, 0.6) is 0 Å². The van der Waals surface area contributed by atoms with Crippen molar-refractivity contribution < 1.29 is 18.0 Å². The van der Waals surface area contributed by atoms with Gasteiger partial charge >= 0.3 is 6.18 Å². The van der Waals surface area contributed by atoms with Gasteiger partial charge in [0.25, 0.3) is 0 Å². The third-order valence-corrected chi connectivity index (χ3v) is 2.30. The lowest BCUT2D eigenvalue weighted by Crippen LogP contribution is -2.09. The summed E-state index contributed by atoms with van der Waals surface area (Å²) in [5.41, 5.74) is -0.338. The first-order valence-electron chi connectivity index (χ1n) is 5.06. The van der Waals surface area contributed by atoms with Crippen LogP contribution in [0.1, 0.15) is 30.9 Å². The molecular formula is C12H13F3O. The van der Waals surface area contributed by atoms with Gasteiger partial charge in [0.2, 0.25) is 0 Å². The number of hydrogen-bond acceptors (Lipinski definition) is 1. The van der Waals surface area contributed by atoms with E-state index in [9.17, 15) is 18.0 Å². The van der Waals surface area contributed by atoms with E-state index in [1.807, 2.05) is 0 Å². The highest BCUT2D eigenvalue weighted by atomic mass is 19.4. The fourth-order valence-corrected chi connectivity index (χ4v) is 1.54. The Kier molecular flexibility index (Phi) is 4.10. The van der Waals surface area contributed by atoms with Gasteiger partial charge in [-0.2, -0.15) is 13.2 Å². The minimum Gasteiger partial charge on any atom is -0.300 e. The highest BCUT2D eigenvalue weighted by Crippen LogP contribution is 2.32. The number of rotatable bonds is 4. The summed E-state index contributed by atoms with van der Waals surface area (Å²) >= 11 is 0. The fraction of sp³-hybridized carbons (Fsp3) is 0.417. The van der Waals surface area contributed by atoms with E-state index in [4.69, 9.17) is 0 Å². The smallest absolute Gasteiger partial charge is 0.300 e. The van der Waals surface area contributed by atoms with Gasteiger partial charge in [-0.3, -0.25) is 0 Å². The number of carbonyl (C=O) groups is 1. The number of hydrogen-bond donors (Lipinski definition) is 0. The van der Waals surface area contributed by atoms with Gasteiger partial charge in [-0.1, -0.05) is 18.2 Å². The van der Waals surface area contributed by atoms with Gasteiger partial charge < -0.3 is 4.79 Å². The molecule has 88 valence electrons. The van der Waals surface area contributed by atoms with Crippen LogP contribution in [-0.4, -0.2) is 5.78 Å². The Hall–Kier alpha value is -1.32. The average molecular weight is 230 g/mol. The highest BCUT2D eigenvalue weighted by molar-refractivity contribution is 5.75. The van der Waals surface area contributed by atoms with Crippen molar-refractivity contribution >= 4 is 5.78 Å². The molecule has 1 aromatic rings. The number of carbonyl (C=O) groups excluding carboxylic acids is 1. The number of alkyl halides is 3. The van der Waals surface area contributed by atoms with E-state index in [1.54, 1.807) is 6.07 Å². The molecule has 0 bridgehead atoms. The van der Waals surface area contributed by atoms with Crippen molar-refractivity contribution in [3.63, 3.8) is 0 Å². The predicted molar refractivity (Wildman–Crippen MR) is 55.1 cm³/mol. The first-order chi connectivity index (χ1) is 7.41. The maximum atomic E-state index is 12.6. The van der Waals surface area contributed by atoms with Gasteiger partial charge in [-0.05, 0) is 31.4 Å². The molecule has 4 heteroatoms. The van der Waals surface area contributed by atoms with E-state index < -0.39 is 11.7 Å². The summed E-state index contributed by atoms with van der Waals surface area (Å²) in [6.45, 7) is 1.44. The van der Waals surface area contributed by atoms with Crippen molar-refractivity contribution in [2.45, 2.75) is 32.4 Å². The number of halogens is 3. The van der Waals surface area contributed by atoms with Crippen molar-refractivity contribution in [1.29, 1.82) is 0 Å². The largest absolute Gasteiger partial charge is 0.416 e. The van der Waals surface area contributed by atoms with Gasteiger partial charge in [-0.15, -0.1) is 0 Å².